The molecule has 0 amide bonds. The molecule has 0 aliphatic carbocycles. The molecule has 3 aromatic rings. The first-order chi connectivity index (χ1) is 10.5. The quantitative estimate of drug-likeness (QED) is 0.455. The second-order valence-electron chi connectivity index (χ2n) is 4.86. The van der Waals surface area contributed by atoms with Crippen molar-refractivity contribution in [3.05, 3.63) is 52.1 Å². The van der Waals surface area contributed by atoms with E-state index >= 15 is 0 Å². The topological polar surface area (TPSA) is 90.4 Å². The molecule has 0 saturated carbocycles. The molecule has 7 nitrogen and oxygen atoms in total. The first-order valence-electron chi connectivity index (χ1n) is 6.52. The highest BCUT2D eigenvalue weighted by Crippen LogP contribution is 2.29. The number of nitrogens with zero attached hydrogens (tertiary/aromatic N) is 3. The van der Waals surface area contributed by atoms with Gasteiger partial charge in [-0.3, -0.25) is 10.1 Å². The van der Waals surface area contributed by atoms with Gasteiger partial charge in [-0.15, -0.1) is 0 Å². The van der Waals surface area contributed by atoms with E-state index in [9.17, 15) is 15.3 Å². The fraction of sp³-hybridized carbons (Fsp3) is 0.133. The molecule has 0 aliphatic heterocycles. The van der Waals surface area contributed by atoms with Gasteiger partial charge in [-0.2, -0.15) is 4.73 Å². The van der Waals surface area contributed by atoms with Crippen molar-refractivity contribution in [1.82, 2.24) is 9.71 Å². The lowest BCUT2D eigenvalue weighted by molar-refractivity contribution is -0.384. The molecule has 0 aliphatic rings. The number of non-ortho nitro benzene ring substituents is 1. The van der Waals surface area contributed by atoms with E-state index in [1.165, 1.54) is 18.2 Å². The van der Waals surface area contributed by atoms with Crippen molar-refractivity contribution in [3.8, 4) is 17.1 Å². The van der Waals surface area contributed by atoms with Crippen molar-refractivity contribution >= 4 is 16.7 Å². The maximum atomic E-state index is 10.8. The van der Waals surface area contributed by atoms with Crippen LogP contribution in [0.3, 0.4) is 0 Å². The van der Waals surface area contributed by atoms with Crippen molar-refractivity contribution < 1.29 is 14.9 Å². The summed E-state index contributed by atoms with van der Waals surface area (Å²) in [5.74, 6) is 0.976. The SMILES string of the molecule is COc1cc(-c2nc3ccc([N+](=O)[O-])cc3n2O)ccc1C. The Morgan fingerprint density at radius 2 is 2.05 bits per heavy atom. The number of aryl methyl sites for hydroxylation is 1. The lowest BCUT2D eigenvalue weighted by atomic mass is 10.1. The molecule has 0 bridgehead atoms. The zero-order chi connectivity index (χ0) is 15.9. The fourth-order valence-electron chi connectivity index (χ4n) is 2.31. The van der Waals surface area contributed by atoms with Gasteiger partial charge >= 0.3 is 0 Å². The molecule has 2 aromatic carbocycles. The highest BCUT2D eigenvalue weighted by atomic mass is 16.6. The predicted octanol–water partition coefficient (Wildman–Crippen LogP) is 3.17. The second-order valence-corrected chi connectivity index (χ2v) is 4.86. The Labute approximate surface area is 125 Å². The van der Waals surface area contributed by atoms with Crippen LogP contribution in [0.15, 0.2) is 36.4 Å². The number of hydrogen-bond donors (Lipinski definition) is 1. The maximum absolute atomic E-state index is 10.8. The molecule has 7 heteroatoms. The van der Waals surface area contributed by atoms with E-state index in [2.05, 4.69) is 4.98 Å². The molecule has 0 radical (unpaired) electrons. The van der Waals surface area contributed by atoms with Crippen molar-refractivity contribution in [2.24, 2.45) is 0 Å². The van der Waals surface area contributed by atoms with Crippen LogP contribution in [0.5, 0.6) is 5.75 Å². The molecule has 112 valence electrons. The molecule has 0 spiro atoms. The Bertz CT molecular complexity index is 886. The minimum atomic E-state index is -0.513. The molecule has 0 saturated heterocycles. The zero-order valence-corrected chi connectivity index (χ0v) is 12.0. The average Bonchev–Trinajstić information content (AvgIpc) is 2.84. The number of rotatable bonds is 3. The first-order valence-corrected chi connectivity index (χ1v) is 6.52. The van der Waals surface area contributed by atoms with Gasteiger partial charge in [-0.1, -0.05) is 12.1 Å². The summed E-state index contributed by atoms with van der Waals surface area (Å²) in [6.07, 6.45) is 0. The Morgan fingerprint density at radius 3 is 2.73 bits per heavy atom. The van der Waals surface area contributed by atoms with Crippen molar-refractivity contribution in [3.63, 3.8) is 0 Å². The molecule has 3 rings (SSSR count). The zero-order valence-electron chi connectivity index (χ0n) is 12.0. The molecule has 1 heterocycles. The van der Waals surface area contributed by atoms with Gasteiger partial charge in [-0.05, 0) is 24.6 Å². The van der Waals surface area contributed by atoms with Crippen LogP contribution in [-0.4, -0.2) is 27.0 Å². The summed E-state index contributed by atoms with van der Waals surface area (Å²) in [5, 5.41) is 21.1. The number of fused-ring (bicyclic) bond motifs is 1. The van der Waals surface area contributed by atoms with Crippen LogP contribution >= 0.6 is 0 Å². The summed E-state index contributed by atoms with van der Waals surface area (Å²) in [7, 11) is 1.57. The predicted molar refractivity (Wildman–Crippen MR) is 80.3 cm³/mol. The number of benzene rings is 2. The van der Waals surface area contributed by atoms with Crippen LogP contribution in [0.4, 0.5) is 5.69 Å². The first kappa shape index (κ1) is 13.9. The standard InChI is InChI=1S/C15H13N3O4/c1-9-3-4-10(7-14(9)22-2)15-16-12-6-5-11(18(20)21)8-13(12)17(15)19/h3-8,19H,1-2H3. The number of ether oxygens (including phenoxy) is 1. The van der Waals surface area contributed by atoms with Crippen molar-refractivity contribution in [2.45, 2.75) is 6.92 Å². The van der Waals surface area contributed by atoms with E-state index in [-0.39, 0.29) is 11.2 Å². The molecule has 1 N–H and O–H groups in total. The van der Waals surface area contributed by atoms with Crippen LogP contribution in [0, 0.1) is 17.0 Å². The summed E-state index contributed by atoms with van der Waals surface area (Å²) in [4.78, 5) is 14.6. The molecule has 0 unspecified atom stereocenters. The van der Waals surface area contributed by atoms with Crippen LogP contribution in [0.1, 0.15) is 5.56 Å². The highest BCUT2D eigenvalue weighted by Gasteiger charge is 2.16. The molecule has 0 fully saturated rings. The van der Waals surface area contributed by atoms with Gasteiger partial charge in [0.2, 0.25) is 0 Å². The van der Waals surface area contributed by atoms with Crippen LogP contribution in [0.25, 0.3) is 22.4 Å². The molecular formula is C15H13N3O4. The Kier molecular flexibility index (Phi) is 3.17. The molecular weight excluding hydrogens is 286 g/mol. The van der Waals surface area contributed by atoms with Gasteiger partial charge in [0.1, 0.15) is 11.3 Å². The van der Waals surface area contributed by atoms with Gasteiger partial charge in [0, 0.05) is 17.7 Å². The van der Waals surface area contributed by atoms with E-state index in [1.807, 2.05) is 13.0 Å². The Hall–Kier alpha value is -3.09. The third kappa shape index (κ3) is 2.12. The van der Waals surface area contributed by atoms with Gasteiger partial charge in [0.25, 0.3) is 5.69 Å². The number of nitro groups is 1. The molecule has 0 atom stereocenters. The van der Waals surface area contributed by atoms with Crippen LogP contribution < -0.4 is 4.74 Å². The van der Waals surface area contributed by atoms with E-state index in [1.54, 1.807) is 19.2 Å². The number of hydrogen-bond acceptors (Lipinski definition) is 5. The molecule has 22 heavy (non-hydrogen) atoms. The highest BCUT2D eigenvalue weighted by molar-refractivity contribution is 5.82. The summed E-state index contributed by atoms with van der Waals surface area (Å²) >= 11 is 0. The second kappa shape index (κ2) is 5.03. The summed E-state index contributed by atoms with van der Waals surface area (Å²) in [6, 6.07) is 9.58. The summed E-state index contributed by atoms with van der Waals surface area (Å²) in [6.45, 7) is 1.91. The third-order valence-electron chi connectivity index (χ3n) is 3.49. The van der Waals surface area contributed by atoms with E-state index < -0.39 is 4.92 Å². The van der Waals surface area contributed by atoms with Crippen molar-refractivity contribution in [1.29, 1.82) is 0 Å². The van der Waals surface area contributed by atoms with Crippen molar-refractivity contribution in [2.75, 3.05) is 7.11 Å². The van der Waals surface area contributed by atoms with Gasteiger partial charge < -0.3 is 9.94 Å². The maximum Gasteiger partial charge on any atom is 0.271 e. The van der Waals surface area contributed by atoms with E-state index in [0.29, 0.717) is 22.7 Å². The summed E-state index contributed by atoms with van der Waals surface area (Å²) < 4.78 is 6.12. The number of methoxy groups -OCH3 is 1. The third-order valence-corrected chi connectivity index (χ3v) is 3.49. The Morgan fingerprint density at radius 1 is 1.27 bits per heavy atom. The Balaban J connectivity index is 2.19. The minimum Gasteiger partial charge on any atom is -0.496 e. The normalized spacial score (nSPS) is 10.8. The lowest BCUT2D eigenvalue weighted by Gasteiger charge is -2.07. The van der Waals surface area contributed by atoms with Crippen LogP contribution in [0.2, 0.25) is 0 Å². The van der Waals surface area contributed by atoms with Crippen LogP contribution in [-0.2, 0) is 0 Å². The van der Waals surface area contributed by atoms with Gasteiger partial charge in [0.05, 0.1) is 17.5 Å². The average molecular weight is 299 g/mol. The molecule has 1 aromatic heterocycles. The monoisotopic (exact) mass is 299 g/mol. The van der Waals surface area contributed by atoms with Gasteiger partial charge in [-0.25, -0.2) is 4.98 Å². The summed E-state index contributed by atoms with van der Waals surface area (Å²) in [5.41, 5.74) is 2.27. The smallest absolute Gasteiger partial charge is 0.271 e. The van der Waals surface area contributed by atoms with E-state index in [0.717, 1.165) is 10.3 Å². The minimum absolute atomic E-state index is 0.101. The number of aromatic nitrogens is 2. The van der Waals surface area contributed by atoms with E-state index in [4.69, 9.17) is 4.74 Å². The number of nitro benzene ring substituents is 1. The largest absolute Gasteiger partial charge is 0.496 e. The number of imidazole rings is 1. The van der Waals surface area contributed by atoms with Gasteiger partial charge in [0.15, 0.2) is 5.82 Å². The fourth-order valence-corrected chi connectivity index (χ4v) is 2.31. The lowest BCUT2D eigenvalue weighted by Crippen LogP contribution is -1.96.